The summed E-state index contributed by atoms with van der Waals surface area (Å²) >= 11 is 7.69. The number of sulfonamides is 1. The summed E-state index contributed by atoms with van der Waals surface area (Å²) in [5, 5.41) is 5.72. The van der Waals surface area contributed by atoms with E-state index in [1.807, 2.05) is 43.7 Å². The third-order valence-corrected chi connectivity index (χ3v) is 10.2. The number of aryl methyl sites for hydroxylation is 3. The summed E-state index contributed by atoms with van der Waals surface area (Å²) in [6.07, 6.45) is 3.83. The second kappa shape index (κ2) is 11.4. The first-order valence-corrected chi connectivity index (χ1v) is 15.8. The largest absolute Gasteiger partial charge is 0.282 e. The van der Waals surface area contributed by atoms with Crippen molar-refractivity contribution in [1.82, 2.24) is 19.1 Å². The van der Waals surface area contributed by atoms with Gasteiger partial charge >= 0.3 is 0 Å². The van der Waals surface area contributed by atoms with E-state index in [2.05, 4.69) is 5.10 Å². The van der Waals surface area contributed by atoms with Crippen LogP contribution in [-0.2, 0) is 16.6 Å². The topological polar surface area (TPSA) is 88.4 Å². The number of hydrogen-bond acceptors (Lipinski definition) is 6. The number of thiazole rings is 1. The van der Waals surface area contributed by atoms with Crippen molar-refractivity contribution in [1.29, 1.82) is 0 Å². The van der Waals surface area contributed by atoms with Gasteiger partial charge in [0.2, 0.25) is 10.0 Å². The Bertz CT molecular complexity index is 1600. The molecule has 1 amide bonds. The quantitative estimate of drug-likeness (QED) is 0.266. The molecule has 0 unspecified atom stereocenters. The van der Waals surface area contributed by atoms with E-state index in [9.17, 15) is 13.2 Å². The van der Waals surface area contributed by atoms with Crippen molar-refractivity contribution in [3.05, 3.63) is 70.0 Å². The Morgan fingerprint density at radius 1 is 1.03 bits per heavy atom. The highest BCUT2D eigenvalue weighted by molar-refractivity contribution is 7.89. The standard InChI is InChI=1S/C28H32ClN5O3S2/c1-19-16-23(29)18-25-26(19)30-28(38-25)33(14-15-34-21(3)17-20(2)31-34)27(35)22-8-10-24(11-9-22)39(36,37)32-12-6-4-5-7-13-32/h8-11,16-18H,4-7,12-15H2,1-3H3. The number of anilines is 1. The van der Waals surface area contributed by atoms with Gasteiger partial charge in [-0.1, -0.05) is 35.8 Å². The number of hydrogen-bond donors (Lipinski definition) is 0. The van der Waals surface area contributed by atoms with E-state index in [4.69, 9.17) is 16.6 Å². The van der Waals surface area contributed by atoms with Gasteiger partial charge in [0, 0.05) is 35.9 Å². The first-order chi connectivity index (χ1) is 18.6. The summed E-state index contributed by atoms with van der Waals surface area (Å²) in [7, 11) is -3.60. The maximum absolute atomic E-state index is 13.9. The van der Waals surface area contributed by atoms with Gasteiger partial charge in [-0.05, 0) is 81.6 Å². The lowest BCUT2D eigenvalue weighted by molar-refractivity contribution is 0.0985. The van der Waals surface area contributed by atoms with Crippen LogP contribution in [0.15, 0.2) is 47.4 Å². The minimum absolute atomic E-state index is 0.209. The Labute approximate surface area is 238 Å². The number of carbonyl (C=O) groups excluding carboxylic acids is 1. The Balaban J connectivity index is 1.45. The van der Waals surface area contributed by atoms with Crippen LogP contribution < -0.4 is 4.90 Å². The summed E-state index contributed by atoms with van der Waals surface area (Å²) in [4.78, 5) is 20.5. The average molecular weight is 586 g/mol. The predicted octanol–water partition coefficient (Wildman–Crippen LogP) is 5.98. The maximum Gasteiger partial charge on any atom is 0.260 e. The number of carbonyl (C=O) groups is 1. The van der Waals surface area contributed by atoms with E-state index in [1.54, 1.807) is 21.3 Å². The minimum atomic E-state index is -3.60. The molecule has 3 heterocycles. The Morgan fingerprint density at radius 2 is 1.72 bits per heavy atom. The van der Waals surface area contributed by atoms with Crippen molar-refractivity contribution in [2.75, 3.05) is 24.5 Å². The normalized spacial score (nSPS) is 15.0. The van der Waals surface area contributed by atoms with Crippen molar-refractivity contribution in [3.8, 4) is 0 Å². The van der Waals surface area contributed by atoms with Crippen LogP contribution >= 0.6 is 22.9 Å². The highest BCUT2D eigenvalue weighted by Crippen LogP contribution is 2.34. The van der Waals surface area contributed by atoms with Crippen LogP contribution in [-0.4, -0.2) is 53.0 Å². The van der Waals surface area contributed by atoms with Gasteiger partial charge in [0.1, 0.15) is 0 Å². The predicted molar refractivity (Wildman–Crippen MR) is 156 cm³/mol. The molecule has 0 atom stereocenters. The van der Waals surface area contributed by atoms with Crippen molar-refractivity contribution in [2.24, 2.45) is 0 Å². The molecule has 8 nitrogen and oxygen atoms in total. The summed E-state index contributed by atoms with van der Waals surface area (Å²) in [5.41, 5.74) is 4.06. The third-order valence-electron chi connectivity index (χ3n) is 7.06. The molecular formula is C28H32ClN5O3S2. The molecule has 0 spiro atoms. The molecule has 1 saturated heterocycles. The van der Waals surface area contributed by atoms with Gasteiger partial charge in [-0.2, -0.15) is 9.40 Å². The van der Waals surface area contributed by atoms with Gasteiger partial charge in [0.25, 0.3) is 5.91 Å². The average Bonchev–Trinajstić information content (AvgIpc) is 3.33. The SMILES string of the molecule is Cc1cc(C)n(CCN(C(=O)c2ccc(S(=O)(=O)N3CCCCCC3)cc2)c2nc3c(C)cc(Cl)cc3s2)n1. The minimum Gasteiger partial charge on any atom is -0.282 e. The number of benzene rings is 2. The molecule has 39 heavy (non-hydrogen) atoms. The Morgan fingerprint density at radius 3 is 2.36 bits per heavy atom. The van der Waals surface area contributed by atoms with E-state index in [0.717, 1.165) is 52.9 Å². The number of fused-ring (bicyclic) bond motifs is 1. The number of aromatic nitrogens is 3. The highest BCUT2D eigenvalue weighted by Gasteiger charge is 2.27. The van der Waals surface area contributed by atoms with Crippen molar-refractivity contribution in [3.63, 3.8) is 0 Å². The summed E-state index contributed by atoms with van der Waals surface area (Å²) in [6.45, 7) is 7.77. The summed E-state index contributed by atoms with van der Waals surface area (Å²) < 4.78 is 30.8. The number of rotatable bonds is 7. The van der Waals surface area contributed by atoms with E-state index in [-0.39, 0.29) is 10.8 Å². The first-order valence-electron chi connectivity index (χ1n) is 13.1. The molecule has 2 aromatic carbocycles. The smallest absolute Gasteiger partial charge is 0.260 e. The van der Waals surface area contributed by atoms with Crippen molar-refractivity contribution < 1.29 is 13.2 Å². The number of nitrogens with zero attached hydrogens (tertiary/aromatic N) is 5. The van der Waals surface area contributed by atoms with Gasteiger partial charge in [0.05, 0.1) is 27.4 Å². The van der Waals surface area contributed by atoms with Crippen LogP contribution in [0.2, 0.25) is 5.02 Å². The fourth-order valence-corrected chi connectivity index (χ4v) is 7.96. The number of amides is 1. The Hall–Kier alpha value is -2.79. The fourth-order valence-electron chi connectivity index (χ4n) is 4.99. The molecule has 11 heteroatoms. The molecule has 4 aromatic rings. The highest BCUT2D eigenvalue weighted by atomic mass is 35.5. The summed E-state index contributed by atoms with van der Waals surface area (Å²) in [6, 6.07) is 12.0. The Kier molecular flexibility index (Phi) is 8.09. The molecule has 1 aliphatic heterocycles. The number of halogens is 1. The first kappa shape index (κ1) is 27.8. The molecule has 0 radical (unpaired) electrons. The fraction of sp³-hybridized carbons (Fsp3) is 0.393. The molecule has 0 saturated carbocycles. The van der Waals surface area contributed by atoms with Gasteiger partial charge in [-0.15, -0.1) is 0 Å². The van der Waals surface area contributed by atoms with E-state index < -0.39 is 10.0 Å². The van der Waals surface area contributed by atoms with Gasteiger partial charge in [0.15, 0.2) is 5.13 Å². The van der Waals surface area contributed by atoms with Gasteiger partial charge < -0.3 is 0 Å². The lowest BCUT2D eigenvalue weighted by Gasteiger charge is -2.22. The molecule has 206 valence electrons. The van der Waals surface area contributed by atoms with Gasteiger partial charge in [-0.3, -0.25) is 14.4 Å². The molecule has 0 aliphatic carbocycles. The van der Waals surface area contributed by atoms with Crippen molar-refractivity contribution >= 4 is 54.2 Å². The van der Waals surface area contributed by atoms with Crippen molar-refractivity contribution in [2.45, 2.75) is 57.9 Å². The molecular weight excluding hydrogens is 554 g/mol. The zero-order valence-corrected chi connectivity index (χ0v) is 24.7. The van der Waals surface area contributed by atoms with Crippen LogP contribution in [0.1, 0.15) is 53.0 Å². The van der Waals surface area contributed by atoms with Crippen LogP contribution in [0, 0.1) is 20.8 Å². The lowest BCUT2D eigenvalue weighted by atomic mass is 10.2. The lowest BCUT2D eigenvalue weighted by Crippen LogP contribution is -2.34. The van der Waals surface area contributed by atoms with E-state index in [1.165, 1.54) is 23.5 Å². The third kappa shape index (κ3) is 5.89. The molecule has 0 N–H and O–H groups in total. The van der Waals surface area contributed by atoms with Crippen LogP contribution in [0.25, 0.3) is 10.2 Å². The van der Waals surface area contributed by atoms with Crippen LogP contribution in [0.5, 0.6) is 0 Å². The van der Waals surface area contributed by atoms with Crippen LogP contribution in [0.3, 0.4) is 0 Å². The van der Waals surface area contributed by atoms with E-state index in [0.29, 0.717) is 41.9 Å². The zero-order chi connectivity index (χ0) is 27.7. The molecule has 1 aliphatic rings. The van der Waals surface area contributed by atoms with Gasteiger partial charge in [-0.25, -0.2) is 13.4 Å². The molecule has 0 bridgehead atoms. The van der Waals surface area contributed by atoms with E-state index >= 15 is 0 Å². The monoisotopic (exact) mass is 585 g/mol. The maximum atomic E-state index is 13.9. The molecule has 5 rings (SSSR count). The second-order valence-corrected chi connectivity index (χ2v) is 13.4. The second-order valence-electron chi connectivity index (χ2n) is 10.0. The molecule has 2 aromatic heterocycles. The molecule has 1 fully saturated rings. The zero-order valence-electron chi connectivity index (χ0n) is 22.4. The summed E-state index contributed by atoms with van der Waals surface area (Å²) in [5.74, 6) is -0.252. The van der Waals surface area contributed by atoms with Crippen LogP contribution in [0.4, 0.5) is 5.13 Å².